The van der Waals surface area contributed by atoms with E-state index in [1.54, 1.807) is 0 Å². The van der Waals surface area contributed by atoms with Crippen molar-refractivity contribution < 1.29 is 13.6 Å². The molecule has 0 radical (unpaired) electrons. The lowest BCUT2D eigenvalue weighted by Gasteiger charge is -2.29. The first-order valence-corrected chi connectivity index (χ1v) is 6.33. The molecule has 0 bridgehead atoms. The van der Waals surface area contributed by atoms with Gasteiger partial charge in [0.15, 0.2) is 5.82 Å². The number of pyridine rings is 1. The zero-order valence-electron chi connectivity index (χ0n) is 10.6. The van der Waals surface area contributed by atoms with Crippen molar-refractivity contribution in [3.63, 3.8) is 0 Å². The minimum Gasteiger partial charge on any atom is -0.334 e. The molecule has 5 heteroatoms. The molecule has 0 unspecified atom stereocenters. The van der Waals surface area contributed by atoms with Crippen molar-refractivity contribution in [2.75, 3.05) is 6.54 Å². The largest absolute Gasteiger partial charge is 0.334 e. The fourth-order valence-electron chi connectivity index (χ4n) is 2.42. The van der Waals surface area contributed by atoms with Crippen molar-refractivity contribution in [2.45, 2.75) is 13.0 Å². The first-order valence-electron chi connectivity index (χ1n) is 6.33. The third-order valence-electron chi connectivity index (χ3n) is 3.49. The Kier molecular flexibility index (Phi) is 3.18. The number of benzene rings is 1. The summed E-state index contributed by atoms with van der Waals surface area (Å²) in [7, 11) is 0. The van der Waals surface area contributed by atoms with Crippen LogP contribution >= 0.6 is 0 Å². The van der Waals surface area contributed by atoms with Crippen LogP contribution in [0.5, 0.6) is 0 Å². The molecule has 1 aromatic carbocycles. The monoisotopic (exact) mass is 274 g/mol. The van der Waals surface area contributed by atoms with Gasteiger partial charge in [-0.05, 0) is 23.6 Å². The summed E-state index contributed by atoms with van der Waals surface area (Å²) in [4.78, 5) is 17.0. The lowest BCUT2D eigenvalue weighted by Crippen LogP contribution is -2.36. The van der Waals surface area contributed by atoms with Crippen LogP contribution in [-0.2, 0) is 13.0 Å². The standard InChI is InChI=1S/C15H12F2N2O/c16-13-12(5-7-18-14(13)17)15(20)19-8-6-10-3-1-2-4-11(10)9-19/h1-5,7H,6,8-9H2. The zero-order chi connectivity index (χ0) is 14.1. The van der Waals surface area contributed by atoms with Gasteiger partial charge in [-0.3, -0.25) is 4.79 Å². The fourth-order valence-corrected chi connectivity index (χ4v) is 2.42. The molecule has 0 saturated carbocycles. The van der Waals surface area contributed by atoms with Crippen LogP contribution in [0.15, 0.2) is 36.5 Å². The molecule has 1 amide bonds. The molecule has 2 aromatic rings. The van der Waals surface area contributed by atoms with E-state index < -0.39 is 17.7 Å². The van der Waals surface area contributed by atoms with E-state index in [1.807, 2.05) is 24.3 Å². The van der Waals surface area contributed by atoms with Gasteiger partial charge in [-0.1, -0.05) is 24.3 Å². The Balaban J connectivity index is 1.88. The number of halogens is 2. The predicted molar refractivity (Wildman–Crippen MR) is 69.0 cm³/mol. The first-order chi connectivity index (χ1) is 9.66. The number of hydrogen-bond donors (Lipinski definition) is 0. The Morgan fingerprint density at radius 3 is 2.70 bits per heavy atom. The molecule has 1 aliphatic heterocycles. The molecule has 102 valence electrons. The molecular weight excluding hydrogens is 262 g/mol. The Bertz CT molecular complexity index is 673. The number of fused-ring (bicyclic) bond motifs is 1. The van der Waals surface area contributed by atoms with Crippen LogP contribution in [-0.4, -0.2) is 22.3 Å². The second-order valence-corrected chi connectivity index (χ2v) is 4.71. The number of aromatic nitrogens is 1. The molecule has 0 saturated heterocycles. The fraction of sp³-hybridized carbons (Fsp3) is 0.200. The summed E-state index contributed by atoms with van der Waals surface area (Å²) >= 11 is 0. The number of amides is 1. The summed E-state index contributed by atoms with van der Waals surface area (Å²) in [6.07, 6.45) is 1.82. The predicted octanol–water partition coefficient (Wildman–Crippen LogP) is 2.56. The Hall–Kier alpha value is -2.30. The Morgan fingerprint density at radius 2 is 1.90 bits per heavy atom. The lowest BCUT2D eigenvalue weighted by molar-refractivity contribution is 0.0728. The molecule has 2 heterocycles. The highest BCUT2D eigenvalue weighted by atomic mass is 19.2. The van der Waals surface area contributed by atoms with E-state index in [-0.39, 0.29) is 5.56 Å². The highest BCUT2D eigenvalue weighted by Crippen LogP contribution is 2.21. The van der Waals surface area contributed by atoms with Gasteiger partial charge in [-0.25, -0.2) is 9.37 Å². The van der Waals surface area contributed by atoms with Crippen molar-refractivity contribution in [1.29, 1.82) is 0 Å². The van der Waals surface area contributed by atoms with Gasteiger partial charge in [0.2, 0.25) is 5.95 Å². The molecule has 0 spiro atoms. The van der Waals surface area contributed by atoms with Gasteiger partial charge in [-0.15, -0.1) is 0 Å². The van der Waals surface area contributed by atoms with Crippen molar-refractivity contribution in [2.24, 2.45) is 0 Å². The van der Waals surface area contributed by atoms with Gasteiger partial charge in [-0.2, -0.15) is 4.39 Å². The van der Waals surface area contributed by atoms with Crippen molar-refractivity contribution in [3.05, 3.63) is 65.0 Å². The first kappa shape index (κ1) is 12.7. The summed E-state index contributed by atoms with van der Waals surface area (Å²) in [6, 6.07) is 9.02. The molecule has 20 heavy (non-hydrogen) atoms. The van der Waals surface area contributed by atoms with E-state index in [1.165, 1.54) is 16.5 Å². The molecule has 1 aliphatic rings. The van der Waals surface area contributed by atoms with Gasteiger partial charge in [0.1, 0.15) is 0 Å². The average Bonchev–Trinajstić information content (AvgIpc) is 2.49. The average molecular weight is 274 g/mol. The molecule has 0 atom stereocenters. The molecular formula is C15H12F2N2O. The number of hydrogen-bond acceptors (Lipinski definition) is 2. The Morgan fingerprint density at radius 1 is 1.15 bits per heavy atom. The quantitative estimate of drug-likeness (QED) is 0.749. The molecule has 3 rings (SSSR count). The van der Waals surface area contributed by atoms with Gasteiger partial charge < -0.3 is 4.90 Å². The van der Waals surface area contributed by atoms with Gasteiger partial charge in [0, 0.05) is 19.3 Å². The van der Waals surface area contributed by atoms with Crippen molar-refractivity contribution in [1.82, 2.24) is 9.88 Å². The smallest absolute Gasteiger partial charge is 0.257 e. The van der Waals surface area contributed by atoms with E-state index in [0.29, 0.717) is 13.1 Å². The van der Waals surface area contributed by atoms with Crippen LogP contribution in [0.25, 0.3) is 0 Å². The zero-order valence-corrected chi connectivity index (χ0v) is 10.6. The molecule has 0 N–H and O–H groups in total. The molecule has 0 fully saturated rings. The van der Waals surface area contributed by atoms with Crippen molar-refractivity contribution in [3.8, 4) is 0 Å². The number of nitrogens with zero attached hydrogens (tertiary/aromatic N) is 2. The maximum Gasteiger partial charge on any atom is 0.257 e. The van der Waals surface area contributed by atoms with E-state index >= 15 is 0 Å². The van der Waals surface area contributed by atoms with E-state index in [4.69, 9.17) is 0 Å². The summed E-state index contributed by atoms with van der Waals surface area (Å²) in [5.41, 5.74) is 1.97. The summed E-state index contributed by atoms with van der Waals surface area (Å²) in [5.74, 6) is -2.93. The number of carbonyl (C=O) groups excluding carboxylic acids is 1. The Labute approximate surface area is 114 Å². The van der Waals surface area contributed by atoms with Crippen LogP contribution in [0.3, 0.4) is 0 Å². The number of rotatable bonds is 1. The van der Waals surface area contributed by atoms with Gasteiger partial charge >= 0.3 is 0 Å². The highest BCUT2D eigenvalue weighted by Gasteiger charge is 2.25. The number of carbonyl (C=O) groups is 1. The van der Waals surface area contributed by atoms with Crippen LogP contribution in [0.4, 0.5) is 8.78 Å². The summed E-state index contributed by atoms with van der Waals surface area (Å²) in [5, 5.41) is 0. The maximum absolute atomic E-state index is 13.6. The van der Waals surface area contributed by atoms with Crippen LogP contribution in [0.1, 0.15) is 21.5 Å². The van der Waals surface area contributed by atoms with Crippen molar-refractivity contribution >= 4 is 5.91 Å². The second-order valence-electron chi connectivity index (χ2n) is 4.71. The topological polar surface area (TPSA) is 33.2 Å². The molecule has 3 nitrogen and oxygen atoms in total. The SMILES string of the molecule is O=C(c1ccnc(F)c1F)N1CCc2ccccc2C1. The third-order valence-corrected chi connectivity index (χ3v) is 3.49. The van der Waals surface area contributed by atoms with Gasteiger partial charge in [0.25, 0.3) is 5.91 Å². The van der Waals surface area contributed by atoms with Crippen LogP contribution in [0, 0.1) is 11.8 Å². The third kappa shape index (κ3) is 2.15. The van der Waals surface area contributed by atoms with E-state index in [9.17, 15) is 13.6 Å². The highest BCUT2D eigenvalue weighted by molar-refractivity contribution is 5.94. The van der Waals surface area contributed by atoms with Gasteiger partial charge in [0.05, 0.1) is 5.56 Å². The van der Waals surface area contributed by atoms with Crippen LogP contribution < -0.4 is 0 Å². The van der Waals surface area contributed by atoms with E-state index in [0.717, 1.165) is 18.2 Å². The summed E-state index contributed by atoms with van der Waals surface area (Å²) in [6.45, 7) is 0.914. The summed E-state index contributed by atoms with van der Waals surface area (Å²) < 4.78 is 26.7. The maximum atomic E-state index is 13.6. The molecule has 1 aromatic heterocycles. The second kappa shape index (κ2) is 5.00. The minimum atomic E-state index is -1.24. The van der Waals surface area contributed by atoms with E-state index in [2.05, 4.69) is 4.98 Å². The lowest BCUT2D eigenvalue weighted by atomic mass is 9.99. The minimum absolute atomic E-state index is 0.267. The van der Waals surface area contributed by atoms with Crippen LogP contribution in [0.2, 0.25) is 0 Å². The molecule has 0 aliphatic carbocycles. The normalized spacial score (nSPS) is 14.0.